The first kappa shape index (κ1) is 19.0. The molecule has 1 aliphatic rings. The monoisotopic (exact) mass is 281 g/mol. The second kappa shape index (κ2) is 13.0. The second-order valence-corrected chi connectivity index (χ2v) is 4.59. The molecule has 2 N–H and O–H groups in total. The zero-order valence-electron chi connectivity index (χ0n) is 13.6. The van der Waals surface area contributed by atoms with E-state index in [1.54, 1.807) is 0 Å². The highest BCUT2D eigenvalue weighted by molar-refractivity contribution is 5.03. The Kier molecular flexibility index (Phi) is 12.4. The van der Waals surface area contributed by atoms with E-state index in [9.17, 15) is 0 Å². The van der Waals surface area contributed by atoms with E-state index in [1.165, 1.54) is 0 Å². The number of morpholine rings is 1. The molecule has 0 saturated carbocycles. The summed E-state index contributed by atoms with van der Waals surface area (Å²) in [6.07, 6.45) is 3.64. The summed E-state index contributed by atoms with van der Waals surface area (Å²) in [4.78, 5) is 4.18. The average molecular weight is 281 g/mol. The predicted molar refractivity (Wildman–Crippen MR) is 86.1 cm³/mol. The zero-order valence-corrected chi connectivity index (χ0v) is 13.6. The van der Waals surface area contributed by atoms with Crippen molar-refractivity contribution >= 4 is 0 Å². The summed E-state index contributed by atoms with van der Waals surface area (Å²) in [6.45, 7) is 11.2. The van der Waals surface area contributed by atoms with Crippen molar-refractivity contribution in [3.63, 3.8) is 0 Å². The first-order valence-corrected chi connectivity index (χ1v) is 7.63. The van der Waals surface area contributed by atoms with Crippen molar-refractivity contribution in [2.24, 2.45) is 0 Å². The molecule has 0 radical (unpaired) electrons. The van der Waals surface area contributed by atoms with E-state index in [4.69, 9.17) is 4.74 Å². The van der Waals surface area contributed by atoms with Crippen LogP contribution in [0.3, 0.4) is 0 Å². The van der Waals surface area contributed by atoms with Gasteiger partial charge in [-0.25, -0.2) is 0 Å². The lowest BCUT2D eigenvalue weighted by molar-refractivity contribution is -0.0166. The van der Waals surface area contributed by atoms with Crippen LogP contribution in [0.15, 0.2) is 24.4 Å². The second-order valence-electron chi connectivity index (χ2n) is 4.59. The summed E-state index contributed by atoms with van der Waals surface area (Å²) in [5.41, 5.74) is 1.15. The number of aromatic nitrogens is 1. The highest BCUT2D eigenvalue weighted by Crippen LogP contribution is 2.00. The molecule has 4 nitrogen and oxygen atoms in total. The minimum Gasteiger partial charge on any atom is -0.373 e. The molecule has 2 atom stereocenters. The van der Waals surface area contributed by atoms with Gasteiger partial charge in [0.25, 0.3) is 0 Å². The molecule has 1 aromatic rings. The Hall–Kier alpha value is -0.970. The van der Waals surface area contributed by atoms with Gasteiger partial charge in [0, 0.05) is 37.9 Å². The van der Waals surface area contributed by atoms with Crippen LogP contribution in [0.25, 0.3) is 0 Å². The third-order valence-electron chi connectivity index (χ3n) is 2.69. The van der Waals surface area contributed by atoms with Crippen molar-refractivity contribution < 1.29 is 4.74 Å². The molecule has 0 aliphatic carbocycles. The number of nitrogens with one attached hydrogen (secondary N) is 2. The minimum atomic E-state index is 0.402. The van der Waals surface area contributed by atoms with Crippen LogP contribution in [0.1, 0.15) is 33.4 Å². The van der Waals surface area contributed by atoms with E-state index in [0.717, 1.165) is 31.7 Å². The summed E-state index contributed by atoms with van der Waals surface area (Å²) >= 11 is 0. The van der Waals surface area contributed by atoms with Crippen LogP contribution in [0.4, 0.5) is 0 Å². The summed E-state index contributed by atoms with van der Waals surface area (Å²) < 4.78 is 5.42. The van der Waals surface area contributed by atoms with Crippen LogP contribution in [0, 0.1) is 0 Å². The average Bonchev–Trinajstić information content (AvgIpc) is 2.49. The number of hydrogen-bond acceptors (Lipinski definition) is 4. The van der Waals surface area contributed by atoms with Gasteiger partial charge < -0.3 is 15.4 Å². The van der Waals surface area contributed by atoms with E-state index in [0.29, 0.717) is 12.2 Å². The van der Waals surface area contributed by atoms with Crippen molar-refractivity contribution in [1.29, 1.82) is 0 Å². The first-order valence-electron chi connectivity index (χ1n) is 7.63. The fourth-order valence-corrected chi connectivity index (χ4v) is 1.78. The highest BCUT2D eigenvalue weighted by atomic mass is 16.5. The Morgan fingerprint density at radius 3 is 2.30 bits per heavy atom. The third kappa shape index (κ3) is 9.89. The molecular formula is C16H31N3O. The van der Waals surface area contributed by atoms with Crippen molar-refractivity contribution in [3.05, 3.63) is 30.1 Å². The molecule has 1 fully saturated rings. The summed E-state index contributed by atoms with van der Waals surface area (Å²) in [5.74, 6) is 0. The summed E-state index contributed by atoms with van der Waals surface area (Å²) in [5, 5.41) is 6.34. The topological polar surface area (TPSA) is 46.2 Å². The lowest BCUT2D eigenvalue weighted by Gasteiger charge is -2.25. The van der Waals surface area contributed by atoms with E-state index in [1.807, 2.05) is 45.3 Å². The van der Waals surface area contributed by atoms with E-state index >= 15 is 0 Å². The maximum Gasteiger partial charge on any atom is 0.0675 e. The Balaban J connectivity index is 0.000000327. The fourth-order valence-electron chi connectivity index (χ4n) is 1.78. The Morgan fingerprint density at radius 1 is 1.25 bits per heavy atom. The summed E-state index contributed by atoms with van der Waals surface area (Å²) in [6, 6.07) is 5.98. The lowest BCUT2D eigenvalue weighted by Crippen LogP contribution is -2.41. The van der Waals surface area contributed by atoms with Crippen molar-refractivity contribution in [2.75, 3.05) is 26.7 Å². The number of nitrogens with zero attached hydrogens (tertiary/aromatic N) is 1. The normalized spacial score (nSPS) is 21.1. The van der Waals surface area contributed by atoms with E-state index in [-0.39, 0.29) is 0 Å². The highest BCUT2D eigenvalue weighted by Gasteiger charge is 2.12. The Labute approximate surface area is 124 Å². The van der Waals surface area contributed by atoms with Gasteiger partial charge in [-0.3, -0.25) is 4.98 Å². The van der Waals surface area contributed by atoms with Gasteiger partial charge in [-0.2, -0.15) is 0 Å². The molecule has 0 amide bonds. The van der Waals surface area contributed by atoms with Gasteiger partial charge in [-0.15, -0.1) is 0 Å². The van der Waals surface area contributed by atoms with Crippen molar-refractivity contribution in [3.8, 4) is 0 Å². The predicted octanol–water partition coefficient (Wildman–Crippen LogP) is 2.25. The van der Waals surface area contributed by atoms with Gasteiger partial charge in [-0.1, -0.05) is 19.9 Å². The molecule has 0 spiro atoms. The maximum atomic E-state index is 5.42. The van der Waals surface area contributed by atoms with Crippen LogP contribution in [0.5, 0.6) is 0 Å². The van der Waals surface area contributed by atoms with Gasteiger partial charge >= 0.3 is 0 Å². The molecule has 1 aliphatic heterocycles. The van der Waals surface area contributed by atoms with Crippen LogP contribution in [0.2, 0.25) is 0 Å². The van der Waals surface area contributed by atoms with Gasteiger partial charge in [-0.05, 0) is 33.0 Å². The summed E-state index contributed by atoms with van der Waals surface area (Å²) in [7, 11) is 1.95. The standard InChI is InChI=1S/C8H12N2.C6H13NO.C2H6/c1-9-7-5-8-4-2-3-6-10-8;1-5-3-7-4-6(2)8-5;1-2/h2-4,6,9H,5,7H2,1H3;5-7H,3-4H2,1-2H3;1-2H3. The molecule has 116 valence electrons. The van der Waals surface area contributed by atoms with E-state index in [2.05, 4.69) is 29.5 Å². The molecule has 4 heteroatoms. The number of rotatable bonds is 3. The van der Waals surface area contributed by atoms with Gasteiger partial charge in [0.2, 0.25) is 0 Å². The smallest absolute Gasteiger partial charge is 0.0675 e. The molecule has 2 heterocycles. The lowest BCUT2D eigenvalue weighted by atomic mass is 10.3. The molecule has 20 heavy (non-hydrogen) atoms. The molecule has 1 saturated heterocycles. The minimum absolute atomic E-state index is 0.402. The third-order valence-corrected chi connectivity index (χ3v) is 2.69. The molecule has 0 aromatic carbocycles. The van der Waals surface area contributed by atoms with Gasteiger partial charge in [0.1, 0.15) is 0 Å². The Morgan fingerprint density at radius 2 is 1.90 bits per heavy atom. The number of ether oxygens (including phenoxy) is 1. The first-order chi connectivity index (χ1) is 9.72. The molecule has 1 aromatic heterocycles. The van der Waals surface area contributed by atoms with Crippen LogP contribution < -0.4 is 10.6 Å². The van der Waals surface area contributed by atoms with Gasteiger partial charge in [0.05, 0.1) is 12.2 Å². The van der Waals surface area contributed by atoms with Crippen LogP contribution >= 0.6 is 0 Å². The number of pyridine rings is 1. The zero-order chi connectivity index (χ0) is 15.2. The fraction of sp³-hybridized carbons (Fsp3) is 0.688. The van der Waals surface area contributed by atoms with Crippen LogP contribution in [-0.2, 0) is 11.2 Å². The number of likely N-dealkylation sites (N-methyl/N-ethyl adjacent to an activating group) is 1. The molecule has 0 bridgehead atoms. The van der Waals surface area contributed by atoms with Crippen LogP contribution in [-0.4, -0.2) is 43.9 Å². The quantitative estimate of drug-likeness (QED) is 0.892. The molecular weight excluding hydrogens is 250 g/mol. The number of hydrogen-bond donors (Lipinski definition) is 2. The molecule has 2 unspecified atom stereocenters. The van der Waals surface area contributed by atoms with E-state index < -0.39 is 0 Å². The maximum absolute atomic E-state index is 5.42. The largest absolute Gasteiger partial charge is 0.373 e. The van der Waals surface area contributed by atoms with Gasteiger partial charge in [0.15, 0.2) is 0 Å². The Bertz CT molecular complexity index is 298. The SMILES string of the molecule is CC.CC1CNCC(C)O1.CNCCc1ccccn1. The van der Waals surface area contributed by atoms with Crippen molar-refractivity contribution in [2.45, 2.75) is 46.3 Å². The molecule has 2 rings (SSSR count). The van der Waals surface area contributed by atoms with Crippen molar-refractivity contribution in [1.82, 2.24) is 15.6 Å².